The largest absolute Gasteiger partial charge is 0.327 e. The molecule has 118 valence electrons. The minimum atomic E-state index is 0.461. The van der Waals surface area contributed by atoms with Gasteiger partial charge in [-0.05, 0) is 62.4 Å². The first kappa shape index (κ1) is 16.3. The van der Waals surface area contributed by atoms with Gasteiger partial charge < -0.3 is 10.6 Å². The van der Waals surface area contributed by atoms with Gasteiger partial charge in [0.1, 0.15) is 0 Å². The summed E-state index contributed by atoms with van der Waals surface area (Å²) in [4.78, 5) is 2.70. The standard InChI is InChI=1S/C18H36N2/c1-4-6-15-7-8-17(19)16(13-15)14-20-11-9-18(3,5-2)10-12-20/h15-17H,4-14,19H2,1-3H3. The van der Waals surface area contributed by atoms with Gasteiger partial charge in [0.15, 0.2) is 0 Å². The molecule has 1 aliphatic heterocycles. The van der Waals surface area contributed by atoms with Gasteiger partial charge in [0.05, 0.1) is 0 Å². The summed E-state index contributed by atoms with van der Waals surface area (Å²) in [7, 11) is 0. The van der Waals surface area contributed by atoms with Crippen molar-refractivity contribution < 1.29 is 0 Å². The normalized spacial score (nSPS) is 35.1. The molecule has 0 radical (unpaired) electrons. The lowest BCUT2D eigenvalue weighted by Gasteiger charge is -2.42. The van der Waals surface area contributed by atoms with Gasteiger partial charge in [0, 0.05) is 12.6 Å². The summed E-state index contributed by atoms with van der Waals surface area (Å²) >= 11 is 0. The molecule has 1 saturated carbocycles. The molecule has 1 heterocycles. The molecule has 3 unspecified atom stereocenters. The van der Waals surface area contributed by atoms with Crippen LogP contribution in [0.3, 0.4) is 0 Å². The summed E-state index contributed by atoms with van der Waals surface area (Å²) < 4.78 is 0. The fourth-order valence-corrected chi connectivity index (χ4v) is 4.23. The fourth-order valence-electron chi connectivity index (χ4n) is 4.23. The Kier molecular flexibility index (Phi) is 5.92. The van der Waals surface area contributed by atoms with Gasteiger partial charge in [0.25, 0.3) is 0 Å². The van der Waals surface area contributed by atoms with Crippen LogP contribution in [0.5, 0.6) is 0 Å². The number of piperidine rings is 1. The van der Waals surface area contributed by atoms with Crippen LogP contribution in [0.2, 0.25) is 0 Å². The summed E-state index contributed by atoms with van der Waals surface area (Å²) in [6, 6.07) is 0.461. The SMILES string of the molecule is CCCC1CCC(N)C(CN2CCC(C)(CC)CC2)C1. The third-order valence-corrected chi connectivity index (χ3v) is 6.26. The van der Waals surface area contributed by atoms with Crippen LogP contribution >= 0.6 is 0 Å². The molecule has 0 amide bonds. The Labute approximate surface area is 126 Å². The molecule has 0 aromatic heterocycles. The number of hydrogen-bond acceptors (Lipinski definition) is 2. The first-order chi connectivity index (χ1) is 9.56. The van der Waals surface area contributed by atoms with E-state index in [4.69, 9.17) is 5.73 Å². The van der Waals surface area contributed by atoms with Gasteiger partial charge in [-0.3, -0.25) is 0 Å². The third-order valence-electron chi connectivity index (χ3n) is 6.26. The highest BCUT2D eigenvalue weighted by Crippen LogP contribution is 2.36. The maximum Gasteiger partial charge on any atom is 0.00795 e. The Morgan fingerprint density at radius 2 is 1.85 bits per heavy atom. The summed E-state index contributed by atoms with van der Waals surface area (Å²) in [5.41, 5.74) is 7.01. The molecule has 0 bridgehead atoms. The summed E-state index contributed by atoms with van der Waals surface area (Å²) in [5.74, 6) is 1.71. The number of hydrogen-bond donors (Lipinski definition) is 1. The van der Waals surface area contributed by atoms with Crippen molar-refractivity contribution >= 4 is 0 Å². The fraction of sp³-hybridized carbons (Fsp3) is 1.00. The minimum Gasteiger partial charge on any atom is -0.327 e. The predicted octanol–water partition coefficient (Wildman–Crippen LogP) is 4.04. The zero-order valence-corrected chi connectivity index (χ0v) is 14.0. The molecular formula is C18H36N2. The first-order valence-corrected chi connectivity index (χ1v) is 9.04. The van der Waals surface area contributed by atoms with Crippen LogP contribution in [0, 0.1) is 17.3 Å². The summed E-state index contributed by atoms with van der Waals surface area (Å²) in [6.45, 7) is 11.0. The molecule has 3 atom stereocenters. The van der Waals surface area contributed by atoms with Gasteiger partial charge in [0.2, 0.25) is 0 Å². The van der Waals surface area contributed by atoms with Crippen molar-refractivity contribution in [2.24, 2.45) is 23.0 Å². The summed E-state index contributed by atoms with van der Waals surface area (Å²) in [5, 5.41) is 0. The number of nitrogens with two attached hydrogens (primary N) is 1. The van der Waals surface area contributed by atoms with Gasteiger partial charge in [-0.25, -0.2) is 0 Å². The lowest BCUT2D eigenvalue weighted by atomic mass is 9.75. The van der Waals surface area contributed by atoms with Crippen LogP contribution < -0.4 is 5.73 Å². The van der Waals surface area contributed by atoms with Crippen LogP contribution in [-0.4, -0.2) is 30.6 Å². The third kappa shape index (κ3) is 4.21. The molecule has 0 aromatic carbocycles. The quantitative estimate of drug-likeness (QED) is 0.823. The highest BCUT2D eigenvalue weighted by Gasteiger charge is 2.32. The van der Waals surface area contributed by atoms with E-state index in [0.717, 1.165) is 11.8 Å². The maximum atomic E-state index is 6.41. The van der Waals surface area contributed by atoms with Crippen molar-refractivity contribution in [3.8, 4) is 0 Å². The molecule has 0 aromatic rings. The Morgan fingerprint density at radius 1 is 1.15 bits per heavy atom. The van der Waals surface area contributed by atoms with Crippen molar-refractivity contribution in [2.75, 3.05) is 19.6 Å². The highest BCUT2D eigenvalue weighted by molar-refractivity contribution is 4.87. The molecule has 2 aliphatic rings. The zero-order chi connectivity index (χ0) is 14.6. The number of nitrogens with zero attached hydrogens (tertiary/aromatic N) is 1. The van der Waals surface area contributed by atoms with E-state index in [1.165, 1.54) is 71.0 Å². The van der Waals surface area contributed by atoms with Crippen molar-refractivity contribution in [3.63, 3.8) is 0 Å². The van der Waals surface area contributed by atoms with Gasteiger partial charge in [-0.2, -0.15) is 0 Å². The lowest BCUT2D eigenvalue weighted by molar-refractivity contribution is 0.0818. The van der Waals surface area contributed by atoms with Crippen molar-refractivity contribution in [3.05, 3.63) is 0 Å². The lowest BCUT2D eigenvalue weighted by Crippen LogP contribution is -2.46. The Hall–Kier alpha value is -0.0800. The molecule has 2 heteroatoms. The molecule has 1 saturated heterocycles. The van der Waals surface area contributed by atoms with E-state index >= 15 is 0 Å². The van der Waals surface area contributed by atoms with E-state index in [9.17, 15) is 0 Å². The molecule has 1 aliphatic carbocycles. The van der Waals surface area contributed by atoms with Crippen LogP contribution in [-0.2, 0) is 0 Å². The van der Waals surface area contributed by atoms with Crippen LogP contribution in [0.25, 0.3) is 0 Å². The van der Waals surface area contributed by atoms with E-state index in [-0.39, 0.29) is 0 Å². The molecular weight excluding hydrogens is 244 g/mol. The van der Waals surface area contributed by atoms with Gasteiger partial charge in [-0.1, -0.05) is 40.0 Å². The average Bonchev–Trinajstić information content (AvgIpc) is 2.45. The van der Waals surface area contributed by atoms with E-state index in [2.05, 4.69) is 25.7 Å². The second-order valence-electron chi connectivity index (χ2n) is 7.86. The average molecular weight is 280 g/mol. The van der Waals surface area contributed by atoms with Gasteiger partial charge >= 0.3 is 0 Å². The highest BCUT2D eigenvalue weighted by atomic mass is 15.1. The molecule has 2 fully saturated rings. The number of rotatable bonds is 5. The Balaban J connectivity index is 1.80. The second-order valence-corrected chi connectivity index (χ2v) is 7.86. The minimum absolute atomic E-state index is 0.461. The van der Waals surface area contributed by atoms with Crippen molar-refractivity contribution in [1.29, 1.82) is 0 Å². The Bertz CT molecular complexity index is 281. The molecule has 2 nitrogen and oxygen atoms in total. The Morgan fingerprint density at radius 3 is 2.45 bits per heavy atom. The van der Waals surface area contributed by atoms with Crippen LogP contribution in [0.4, 0.5) is 0 Å². The molecule has 2 N–H and O–H groups in total. The van der Waals surface area contributed by atoms with Crippen molar-refractivity contribution in [2.45, 2.75) is 78.2 Å². The smallest absolute Gasteiger partial charge is 0.00795 e. The predicted molar refractivity (Wildman–Crippen MR) is 87.8 cm³/mol. The topological polar surface area (TPSA) is 29.3 Å². The van der Waals surface area contributed by atoms with Gasteiger partial charge in [-0.15, -0.1) is 0 Å². The van der Waals surface area contributed by atoms with E-state index in [0.29, 0.717) is 11.5 Å². The molecule has 0 spiro atoms. The zero-order valence-electron chi connectivity index (χ0n) is 14.0. The first-order valence-electron chi connectivity index (χ1n) is 9.04. The van der Waals surface area contributed by atoms with E-state index in [1.54, 1.807) is 0 Å². The van der Waals surface area contributed by atoms with Crippen LogP contribution in [0.1, 0.15) is 72.1 Å². The molecule has 2 rings (SSSR count). The second kappa shape index (κ2) is 7.26. The van der Waals surface area contributed by atoms with Crippen molar-refractivity contribution in [1.82, 2.24) is 4.90 Å². The summed E-state index contributed by atoms with van der Waals surface area (Å²) in [6.07, 6.45) is 10.9. The maximum absolute atomic E-state index is 6.41. The van der Waals surface area contributed by atoms with E-state index < -0.39 is 0 Å². The van der Waals surface area contributed by atoms with Crippen LogP contribution in [0.15, 0.2) is 0 Å². The number of likely N-dealkylation sites (tertiary alicyclic amines) is 1. The monoisotopic (exact) mass is 280 g/mol. The molecule has 20 heavy (non-hydrogen) atoms. The van der Waals surface area contributed by atoms with E-state index in [1.807, 2.05) is 0 Å².